The van der Waals surface area contributed by atoms with E-state index < -0.39 is 0 Å². The first kappa shape index (κ1) is 13.7. The van der Waals surface area contributed by atoms with Gasteiger partial charge in [-0.3, -0.25) is 4.90 Å². The molecule has 0 spiro atoms. The molecule has 102 valence electrons. The summed E-state index contributed by atoms with van der Waals surface area (Å²) >= 11 is 0. The monoisotopic (exact) mass is 258 g/mol. The van der Waals surface area contributed by atoms with Crippen molar-refractivity contribution in [1.29, 1.82) is 5.26 Å². The molecule has 0 amide bonds. The van der Waals surface area contributed by atoms with Crippen LogP contribution in [-0.2, 0) is 0 Å². The molecule has 1 aliphatic rings. The molecule has 4 nitrogen and oxygen atoms in total. The highest BCUT2D eigenvalue weighted by atomic mass is 15.3. The smallest absolute Gasteiger partial charge is 0.0992 e. The number of nitrogens with two attached hydrogens (primary N) is 1. The van der Waals surface area contributed by atoms with Gasteiger partial charge in [-0.1, -0.05) is 13.8 Å². The zero-order valence-corrected chi connectivity index (χ0v) is 11.8. The van der Waals surface area contributed by atoms with E-state index in [0.717, 1.165) is 44.1 Å². The van der Waals surface area contributed by atoms with Crippen LogP contribution in [0.1, 0.15) is 19.4 Å². The molecule has 1 aliphatic heterocycles. The number of hydrogen-bond donors (Lipinski definition) is 1. The maximum absolute atomic E-state index is 8.97. The van der Waals surface area contributed by atoms with E-state index in [4.69, 9.17) is 11.0 Å². The fraction of sp³-hybridized carbons (Fsp3) is 0.533. The first-order valence-corrected chi connectivity index (χ1v) is 6.87. The van der Waals surface area contributed by atoms with E-state index in [1.807, 2.05) is 12.1 Å². The normalized spacial score (nSPS) is 16.6. The highest BCUT2D eigenvalue weighted by molar-refractivity contribution is 5.69. The quantitative estimate of drug-likeness (QED) is 0.842. The van der Waals surface area contributed by atoms with Crippen LogP contribution in [-0.4, -0.2) is 37.6 Å². The van der Waals surface area contributed by atoms with Gasteiger partial charge in [0.25, 0.3) is 0 Å². The van der Waals surface area contributed by atoms with Gasteiger partial charge < -0.3 is 10.6 Å². The third kappa shape index (κ3) is 3.39. The van der Waals surface area contributed by atoms with Gasteiger partial charge in [0.05, 0.1) is 23.0 Å². The standard InChI is InChI=1S/C15H22N4/c1-12(2)11-18-5-7-19(8-6-18)15-9-13(10-16)3-4-14(15)17/h3-4,9,12H,5-8,11,17H2,1-2H3. The van der Waals surface area contributed by atoms with E-state index in [1.54, 1.807) is 6.07 Å². The van der Waals surface area contributed by atoms with Crippen molar-refractivity contribution in [3.8, 4) is 6.07 Å². The summed E-state index contributed by atoms with van der Waals surface area (Å²) in [6.07, 6.45) is 0. The summed E-state index contributed by atoms with van der Waals surface area (Å²) in [5.41, 5.74) is 8.46. The zero-order valence-electron chi connectivity index (χ0n) is 11.8. The van der Waals surface area contributed by atoms with E-state index in [9.17, 15) is 0 Å². The molecule has 0 aromatic heterocycles. The Bertz CT molecular complexity index is 468. The van der Waals surface area contributed by atoms with Crippen LogP contribution in [0.15, 0.2) is 18.2 Å². The van der Waals surface area contributed by atoms with E-state index in [0.29, 0.717) is 11.5 Å². The van der Waals surface area contributed by atoms with Gasteiger partial charge in [0.15, 0.2) is 0 Å². The summed E-state index contributed by atoms with van der Waals surface area (Å²) in [7, 11) is 0. The predicted octanol–water partition coefficient (Wildman–Crippen LogP) is 1.92. The molecule has 1 fully saturated rings. The molecule has 1 heterocycles. The topological polar surface area (TPSA) is 56.3 Å². The fourth-order valence-corrected chi connectivity index (χ4v) is 2.57. The molecule has 0 saturated carbocycles. The third-order valence-electron chi connectivity index (χ3n) is 3.50. The number of hydrogen-bond acceptors (Lipinski definition) is 4. The Hall–Kier alpha value is -1.73. The second kappa shape index (κ2) is 5.94. The van der Waals surface area contributed by atoms with Gasteiger partial charge in [-0.25, -0.2) is 0 Å². The second-order valence-corrected chi connectivity index (χ2v) is 5.57. The zero-order chi connectivity index (χ0) is 13.8. The molecule has 19 heavy (non-hydrogen) atoms. The van der Waals surface area contributed by atoms with Crippen LogP contribution in [0.3, 0.4) is 0 Å². The Morgan fingerprint density at radius 3 is 2.53 bits per heavy atom. The van der Waals surface area contributed by atoms with Crippen LogP contribution in [0, 0.1) is 17.2 Å². The average molecular weight is 258 g/mol. The van der Waals surface area contributed by atoms with Gasteiger partial charge in [0, 0.05) is 32.7 Å². The number of rotatable bonds is 3. The van der Waals surface area contributed by atoms with Crippen LogP contribution < -0.4 is 10.6 Å². The summed E-state index contributed by atoms with van der Waals surface area (Å²) in [6.45, 7) is 9.74. The molecule has 0 aliphatic carbocycles. The fourth-order valence-electron chi connectivity index (χ4n) is 2.57. The first-order valence-electron chi connectivity index (χ1n) is 6.87. The van der Waals surface area contributed by atoms with E-state index in [1.165, 1.54) is 0 Å². The van der Waals surface area contributed by atoms with Crippen molar-refractivity contribution in [3.05, 3.63) is 23.8 Å². The van der Waals surface area contributed by atoms with Crippen molar-refractivity contribution in [2.45, 2.75) is 13.8 Å². The summed E-state index contributed by atoms with van der Waals surface area (Å²) in [5.74, 6) is 0.707. The van der Waals surface area contributed by atoms with Crippen molar-refractivity contribution >= 4 is 11.4 Å². The molecule has 0 unspecified atom stereocenters. The summed E-state index contributed by atoms with van der Waals surface area (Å²) < 4.78 is 0. The van der Waals surface area contributed by atoms with Gasteiger partial charge in [-0.2, -0.15) is 5.26 Å². The number of piperazine rings is 1. The molecule has 0 bridgehead atoms. The van der Waals surface area contributed by atoms with Crippen molar-refractivity contribution < 1.29 is 0 Å². The number of nitrogen functional groups attached to an aromatic ring is 1. The summed E-state index contributed by atoms with van der Waals surface area (Å²) in [4.78, 5) is 4.78. The minimum absolute atomic E-state index is 0.675. The summed E-state index contributed by atoms with van der Waals surface area (Å²) in [6, 6.07) is 7.67. The molecular weight excluding hydrogens is 236 g/mol. The molecule has 1 aromatic carbocycles. The van der Waals surface area contributed by atoms with E-state index in [-0.39, 0.29) is 0 Å². The number of nitrogens with zero attached hydrogens (tertiary/aromatic N) is 3. The largest absolute Gasteiger partial charge is 0.397 e. The molecule has 0 atom stereocenters. The van der Waals surface area contributed by atoms with E-state index >= 15 is 0 Å². The molecule has 2 rings (SSSR count). The van der Waals surface area contributed by atoms with Crippen LogP contribution in [0.4, 0.5) is 11.4 Å². The van der Waals surface area contributed by atoms with Gasteiger partial charge in [0.1, 0.15) is 0 Å². The highest BCUT2D eigenvalue weighted by Gasteiger charge is 2.19. The second-order valence-electron chi connectivity index (χ2n) is 5.57. The van der Waals surface area contributed by atoms with Gasteiger partial charge in [0.2, 0.25) is 0 Å². The van der Waals surface area contributed by atoms with Crippen LogP contribution in [0.25, 0.3) is 0 Å². The lowest BCUT2D eigenvalue weighted by Gasteiger charge is -2.37. The molecule has 2 N–H and O–H groups in total. The summed E-state index contributed by atoms with van der Waals surface area (Å²) in [5, 5.41) is 8.97. The minimum atomic E-state index is 0.675. The van der Waals surface area contributed by atoms with Crippen molar-refractivity contribution in [3.63, 3.8) is 0 Å². The van der Waals surface area contributed by atoms with Crippen LogP contribution in [0.5, 0.6) is 0 Å². The van der Waals surface area contributed by atoms with Crippen molar-refractivity contribution in [1.82, 2.24) is 4.90 Å². The predicted molar refractivity (Wildman–Crippen MR) is 79.1 cm³/mol. The lowest BCUT2D eigenvalue weighted by Crippen LogP contribution is -2.47. The lowest BCUT2D eigenvalue weighted by molar-refractivity contribution is 0.231. The molecule has 0 radical (unpaired) electrons. The Balaban J connectivity index is 2.03. The Morgan fingerprint density at radius 1 is 1.26 bits per heavy atom. The Labute approximate surface area is 115 Å². The van der Waals surface area contributed by atoms with Crippen molar-refractivity contribution in [2.24, 2.45) is 5.92 Å². The maximum Gasteiger partial charge on any atom is 0.0992 e. The van der Waals surface area contributed by atoms with Crippen LogP contribution >= 0.6 is 0 Å². The number of benzene rings is 1. The average Bonchev–Trinajstić information content (AvgIpc) is 2.40. The molecule has 1 saturated heterocycles. The maximum atomic E-state index is 8.97. The first-order chi connectivity index (χ1) is 9.10. The van der Waals surface area contributed by atoms with Crippen LogP contribution in [0.2, 0.25) is 0 Å². The molecule has 4 heteroatoms. The minimum Gasteiger partial charge on any atom is -0.397 e. The third-order valence-corrected chi connectivity index (χ3v) is 3.50. The Kier molecular flexibility index (Phi) is 4.28. The lowest BCUT2D eigenvalue weighted by atomic mass is 10.1. The molecular formula is C15H22N4. The highest BCUT2D eigenvalue weighted by Crippen LogP contribution is 2.25. The van der Waals surface area contributed by atoms with E-state index in [2.05, 4.69) is 29.7 Å². The van der Waals surface area contributed by atoms with Gasteiger partial charge >= 0.3 is 0 Å². The van der Waals surface area contributed by atoms with Gasteiger partial charge in [-0.05, 0) is 24.1 Å². The van der Waals surface area contributed by atoms with Crippen molar-refractivity contribution in [2.75, 3.05) is 43.4 Å². The molecule has 1 aromatic rings. The number of anilines is 2. The van der Waals surface area contributed by atoms with Gasteiger partial charge in [-0.15, -0.1) is 0 Å². The Morgan fingerprint density at radius 2 is 1.95 bits per heavy atom. The SMILES string of the molecule is CC(C)CN1CCN(c2cc(C#N)ccc2N)CC1. The number of nitriles is 1.